The van der Waals surface area contributed by atoms with Gasteiger partial charge in [-0.2, -0.15) is 0 Å². The predicted molar refractivity (Wildman–Crippen MR) is 85.4 cm³/mol. The fourth-order valence-electron chi connectivity index (χ4n) is 3.17. The Hall–Kier alpha value is -1.02. The molecule has 1 unspecified atom stereocenters. The van der Waals surface area contributed by atoms with Gasteiger partial charge in [-0.05, 0) is 49.4 Å². The number of likely N-dealkylation sites (N-methyl/N-ethyl adjacent to an activating group) is 1. The zero-order chi connectivity index (χ0) is 14.2. The molecule has 1 aromatic rings. The van der Waals surface area contributed by atoms with Gasteiger partial charge in [0, 0.05) is 6.04 Å². The maximum Gasteiger partial charge on any atom is 0.119 e. The Morgan fingerprint density at radius 1 is 1.10 bits per heavy atom. The highest BCUT2D eigenvalue weighted by Crippen LogP contribution is 2.27. The fraction of sp³-hybridized carbons (Fsp3) is 0.667. The molecule has 0 aliphatic heterocycles. The van der Waals surface area contributed by atoms with Gasteiger partial charge in [-0.1, -0.05) is 45.2 Å². The summed E-state index contributed by atoms with van der Waals surface area (Å²) in [5.74, 6) is 1.79. The molecule has 0 bridgehead atoms. The quantitative estimate of drug-likeness (QED) is 0.806. The second-order valence-electron chi connectivity index (χ2n) is 5.87. The topological polar surface area (TPSA) is 21.3 Å². The summed E-state index contributed by atoms with van der Waals surface area (Å²) < 4.78 is 6.01. The molecule has 0 radical (unpaired) electrons. The Bertz CT molecular complexity index is 368. The normalized spacial score (nSPS) is 17.9. The summed E-state index contributed by atoms with van der Waals surface area (Å²) in [6, 6.07) is 9.04. The molecule has 0 amide bonds. The monoisotopic (exact) mass is 275 g/mol. The SMILES string of the molecule is CCNC(COc1ccc(CC)cc1)C1CCCCC1. The highest BCUT2D eigenvalue weighted by Gasteiger charge is 2.23. The molecule has 1 aromatic carbocycles. The second kappa shape index (κ2) is 8.31. The van der Waals surface area contributed by atoms with Gasteiger partial charge < -0.3 is 10.1 Å². The van der Waals surface area contributed by atoms with Gasteiger partial charge >= 0.3 is 0 Å². The fourth-order valence-corrected chi connectivity index (χ4v) is 3.17. The minimum atomic E-state index is 0.506. The number of benzene rings is 1. The first kappa shape index (κ1) is 15.4. The first-order valence-corrected chi connectivity index (χ1v) is 8.28. The molecule has 1 fully saturated rings. The number of rotatable bonds is 7. The van der Waals surface area contributed by atoms with Crippen molar-refractivity contribution < 1.29 is 4.74 Å². The van der Waals surface area contributed by atoms with Crippen molar-refractivity contribution in [2.24, 2.45) is 5.92 Å². The van der Waals surface area contributed by atoms with E-state index < -0.39 is 0 Å². The summed E-state index contributed by atoms with van der Waals surface area (Å²) >= 11 is 0. The van der Waals surface area contributed by atoms with E-state index in [2.05, 4.69) is 43.4 Å². The Morgan fingerprint density at radius 2 is 1.80 bits per heavy atom. The van der Waals surface area contributed by atoms with Crippen LogP contribution in [0.15, 0.2) is 24.3 Å². The lowest BCUT2D eigenvalue weighted by Gasteiger charge is -2.30. The molecule has 2 heteroatoms. The standard InChI is InChI=1S/C18H29NO/c1-3-15-10-12-17(13-11-15)20-14-18(19-4-2)16-8-6-5-7-9-16/h10-13,16,18-19H,3-9,14H2,1-2H3. The number of nitrogens with one attached hydrogen (secondary N) is 1. The zero-order valence-electron chi connectivity index (χ0n) is 13.0. The summed E-state index contributed by atoms with van der Waals surface area (Å²) in [5, 5.41) is 3.62. The van der Waals surface area contributed by atoms with E-state index in [-0.39, 0.29) is 0 Å². The van der Waals surface area contributed by atoms with Gasteiger partial charge in [-0.3, -0.25) is 0 Å². The average Bonchev–Trinajstić information content (AvgIpc) is 2.53. The van der Waals surface area contributed by atoms with Crippen molar-refractivity contribution in [3.8, 4) is 5.75 Å². The van der Waals surface area contributed by atoms with Crippen molar-refractivity contribution in [2.45, 2.75) is 58.4 Å². The van der Waals surface area contributed by atoms with Crippen molar-refractivity contribution in [2.75, 3.05) is 13.2 Å². The van der Waals surface area contributed by atoms with E-state index in [0.717, 1.165) is 31.2 Å². The molecule has 112 valence electrons. The van der Waals surface area contributed by atoms with E-state index in [1.807, 2.05) is 0 Å². The van der Waals surface area contributed by atoms with Crippen LogP contribution in [0.2, 0.25) is 0 Å². The van der Waals surface area contributed by atoms with Gasteiger partial charge in [-0.15, -0.1) is 0 Å². The van der Waals surface area contributed by atoms with Crippen LogP contribution in [0.1, 0.15) is 51.5 Å². The third kappa shape index (κ3) is 4.52. The van der Waals surface area contributed by atoms with Gasteiger partial charge in [0.05, 0.1) is 0 Å². The lowest BCUT2D eigenvalue weighted by Crippen LogP contribution is -2.41. The largest absolute Gasteiger partial charge is 0.492 e. The summed E-state index contributed by atoms with van der Waals surface area (Å²) in [7, 11) is 0. The van der Waals surface area contributed by atoms with E-state index in [4.69, 9.17) is 4.74 Å². The first-order valence-electron chi connectivity index (χ1n) is 8.28. The molecule has 1 saturated carbocycles. The van der Waals surface area contributed by atoms with Crippen molar-refractivity contribution in [3.05, 3.63) is 29.8 Å². The van der Waals surface area contributed by atoms with E-state index in [1.54, 1.807) is 0 Å². The highest BCUT2D eigenvalue weighted by atomic mass is 16.5. The molecule has 0 heterocycles. The van der Waals surface area contributed by atoms with Crippen LogP contribution in [-0.4, -0.2) is 19.2 Å². The van der Waals surface area contributed by atoms with Crippen LogP contribution in [0, 0.1) is 5.92 Å². The maximum atomic E-state index is 6.01. The summed E-state index contributed by atoms with van der Waals surface area (Å²) in [6.45, 7) is 6.19. The van der Waals surface area contributed by atoms with Gasteiger partial charge in [0.25, 0.3) is 0 Å². The summed E-state index contributed by atoms with van der Waals surface area (Å²) in [6.07, 6.45) is 7.98. The van der Waals surface area contributed by atoms with E-state index in [1.165, 1.54) is 37.7 Å². The minimum Gasteiger partial charge on any atom is -0.492 e. The van der Waals surface area contributed by atoms with Crippen LogP contribution in [0.3, 0.4) is 0 Å². The van der Waals surface area contributed by atoms with Gasteiger partial charge in [0.2, 0.25) is 0 Å². The van der Waals surface area contributed by atoms with Crippen LogP contribution < -0.4 is 10.1 Å². The van der Waals surface area contributed by atoms with Crippen molar-refractivity contribution in [1.82, 2.24) is 5.32 Å². The molecular formula is C18H29NO. The third-order valence-electron chi connectivity index (χ3n) is 4.45. The van der Waals surface area contributed by atoms with Crippen molar-refractivity contribution >= 4 is 0 Å². The lowest BCUT2D eigenvalue weighted by molar-refractivity contribution is 0.187. The number of ether oxygens (including phenoxy) is 1. The van der Waals surface area contributed by atoms with Crippen LogP contribution in [0.5, 0.6) is 5.75 Å². The molecular weight excluding hydrogens is 246 g/mol. The zero-order valence-corrected chi connectivity index (χ0v) is 13.0. The van der Waals surface area contributed by atoms with E-state index in [0.29, 0.717) is 6.04 Å². The van der Waals surface area contributed by atoms with Gasteiger partial charge in [-0.25, -0.2) is 0 Å². The minimum absolute atomic E-state index is 0.506. The molecule has 20 heavy (non-hydrogen) atoms. The Balaban J connectivity index is 1.86. The molecule has 0 saturated heterocycles. The van der Waals surface area contributed by atoms with E-state index in [9.17, 15) is 0 Å². The predicted octanol–water partition coefficient (Wildman–Crippen LogP) is 4.19. The van der Waals surface area contributed by atoms with Crippen LogP contribution >= 0.6 is 0 Å². The average molecular weight is 275 g/mol. The summed E-state index contributed by atoms with van der Waals surface area (Å²) in [4.78, 5) is 0. The molecule has 1 atom stereocenters. The van der Waals surface area contributed by atoms with Crippen LogP contribution in [-0.2, 0) is 6.42 Å². The van der Waals surface area contributed by atoms with Crippen molar-refractivity contribution in [1.29, 1.82) is 0 Å². The second-order valence-corrected chi connectivity index (χ2v) is 5.87. The number of hydrogen-bond acceptors (Lipinski definition) is 2. The molecule has 2 nitrogen and oxygen atoms in total. The molecule has 2 rings (SSSR count). The van der Waals surface area contributed by atoms with Gasteiger partial charge in [0.15, 0.2) is 0 Å². The molecule has 1 aliphatic carbocycles. The van der Waals surface area contributed by atoms with Crippen LogP contribution in [0.4, 0.5) is 0 Å². The molecule has 0 spiro atoms. The third-order valence-corrected chi connectivity index (χ3v) is 4.45. The van der Waals surface area contributed by atoms with E-state index >= 15 is 0 Å². The number of aryl methyl sites for hydroxylation is 1. The lowest BCUT2D eigenvalue weighted by atomic mass is 9.84. The Labute approximate surface area is 123 Å². The number of hydrogen-bond donors (Lipinski definition) is 1. The van der Waals surface area contributed by atoms with Crippen LogP contribution in [0.25, 0.3) is 0 Å². The van der Waals surface area contributed by atoms with Gasteiger partial charge in [0.1, 0.15) is 12.4 Å². The van der Waals surface area contributed by atoms with Crippen molar-refractivity contribution in [3.63, 3.8) is 0 Å². The Morgan fingerprint density at radius 3 is 2.40 bits per heavy atom. The molecule has 0 aromatic heterocycles. The highest BCUT2D eigenvalue weighted by molar-refractivity contribution is 5.27. The molecule has 1 N–H and O–H groups in total. The maximum absolute atomic E-state index is 6.01. The smallest absolute Gasteiger partial charge is 0.119 e. The Kier molecular flexibility index (Phi) is 6.38. The first-order chi connectivity index (χ1) is 9.83. The summed E-state index contributed by atoms with van der Waals surface area (Å²) in [5.41, 5.74) is 1.37. The molecule has 1 aliphatic rings.